The molecule has 21 heavy (non-hydrogen) atoms. The molecule has 0 heterocycles. The molecule has 2 saturated carbocycles. The van der Waals surface area contributed by atoms with Gasteiger partial charge >= 0.3 is 12.1 Å². The van der Waals surface area contributed by atoms with Gasteiger partial charge in [-0.25, -0.2) is 9.59 Å². The Labute approximate surface area is 126 Å². The van der Waals surface area contributed by atoms with Crippen molar-refractivity contribution in [3.8, 4) is 0 Å². The lowest BCUT2D eigenvalue weighted by atomic mass is 9.89. The number of hydrogen-bond donors (Lipinski definition) is 1. The molecule has 4 atom stereocenters. The largest absolute Gasteiger partial charge is 0.459 e. The van der Waals surface area contributed by atoms with Crippen LogP contribution in [0.2, 0.25) is 0 Å². The van der Waals surface area contributed by atoms with Gasteiger partial charge in [-0.2, -0.15) is 0 Å². The molecular weight excluding hydrogens is 270 g/mol. The van der Waals surface area contributed by atoms with Crippen molar-refractivity contribution in [1.29, 1.82) is 0 Å². The number of ether oxygens (including phenoxy) is 2. The van der Waals surface area contributed by atoms with Gasteiger partial charge in [-0.15, -0.1) is 0 Å². The van der Waals surface area contributed by atoms with Crippen molar-refractivity contribution in [2.24, 2.45) is 17.8 Å². The van der Waals surface area contributed by atoms with Crippen LogP contribution in [0.4, 0.5) is 4.79 Å². The number of esters is 1. The summed E-state index contributed by atoms with van der Waals surface area (Å²) in [5.41, 5.74) is 0. The Morgan fingerprint density at radius 3 is 2.76 bits per heavy atom. The van der Waals surface area contributed by atoms with Crippen LogP contribution in [0, 0.1) is 17.8 Å². The molecule has 0 saturated heterocycles. The standard InChI is InChI=1S/C16H25NO4/c1-3-14(10-20-15(18)4-2)21-16(19)17-9-13-8-11-5-6-12(13)7-11/h4,11-14H,2-3,5-10H2,1H3,(H,17,19). The molecule has 2 aliphatic rings. The van der Waals surface area contributed by atoms with E-state index in [0.29, 0.717) is 18.9 Å². The minimum atomic E-state index is -0.501. The summed E-state index contributed by atoms with van der Waals surface area (Å²) in [7, 11) is 0. The molecule has 2 rings (SSSR count). The molecule has 0 radical (unpaired) electrons. The van der Waals surface area contributed by atoms with Crippen LogP contribution >= 0.6 is 0 Å². The van der Waals surface area contributed by atoms with E-state index in [4.69, 9.17) is 9.47 Å². The predicted molar refractivity (Wildman–Crippen MR) is 78.7 cm³/mol. The summed E-state index contributed by atoms with van der Waals surface area (Å²) in [5, 5.41) is 2.85. The van der Waals surface area contributed by atoms with Gasteiger partial charge in [0.1, 0.15) is 12.7 Å². The molecule has 118 valence electrons. The average molecular weight is 295 g/mol. The summed E-state index contributed by atoms with van der Waals surface area (Å²) in [6, 6.07) is 0. The lowest BCUT2D eigenvalue weighted by Gasteiger charge is -2.22. The zero-order chi connectivity index (χ0) is 15.2. The van der Waals surface area contributed by atoms with E-state index >= 15 is 0 Å². The van der Waals surface area contributed by atoms with E-state index in [1.54, 1.807) is 0 Å². The van der Waals surface area contributed by atoms with Crippen molar-refractivity contribution in [2.45, 2.75) is 45.1 Å². The van der Waals surface area contributed by atoms with Crippen molar-refractivity contribution >= 4 is 12.1 Å². The maximum atomic E-state index is 11.8. The SMILES string of the molecule is C=CC(=O)OCC(CC)OC(=O)NCC1CC2CCC1C2. The van der Waals surface area contributed by atoms with Gasteiger partial charge < -0.3 is 14.8 Å². The second-order valence-electron chi connectivity index (χ2n) is 6.09. The van der Waals surface area contributed by atoms with Crippen LogP contribution in [0.3, 0.4) is 0 Å². The van der Waals surface area contributed by atoms with Crippen molar-refractivity contribution in [3.63, 3.8) is 0 Å². The summed E-state index contributed by atoms with van der Waals surface area (Å²) < 4.78 is 10.2. The molecule has 0 spiro atoms. The van der Waals surface area contributed by atoms with Crippen molar-refractivity contribution < 1.29 is 19.1 Å². The fourth-order valence-corrected chi connectivity index (χ4v) is 3.50. The molecule has 1 amide bonds. The van der Waals surface area contributed by atoms with Crippen LogP contribution in [0.1, 0.15) is 39.0 Å². The molecule has 0 aromatic heterocycles. The van der Waals surface area contributed by atoms with Gasteiger partial charge in [0.25, 0.3) is 0 Å². The Kier molecular flexibility index (Phi) is 5.65. The highest BCUT2D eigenvalue weighted by atomic mass is 16.6. The summed E-state index contributed by atoms with van der Waals surface area (Å²) in [6.45, 7) is 5.98. The first-order valence-corrected chi connectivity index (χ1v) is 7.86. The fraction of sp³-hybridized carbons (Fsp3) is 0.750. The molecule has 0 aromatic carbocycles. The number of rotatable bonds is 7. The van der Waals surface area contributed by atoms with Crippen LogP contribution in [-0.2, 0) is 14.3 Å². The third-order valence-corrected chi connectivity index (χ3v) is 4.70. The molecule has 5 nitrogen and oxygen atoms in total. The lowest BCUT2D eigenvalue weighted by molar-refractivity contribution is -0.140. The second kappa shape index (κ2) is 7.48. The molecule has 2 aliphatic carbocycles. The second-order valence-corrected chi connectivity index (χ2v) is 6.09. The Morgan fingerprint density at radius 1 is 1.38 bits per heavy atom. The minimum Gasteiger partial charge on any atom is -0.459 e. The number of carbonyl (C=O) groups is 2. The monoisotopic (exact) mass is 295 g/mol. The average Bonchev–Trinajstić information content (AvgIpc) is 3.11. The van der Waals surface area contributed by atoms with Gasteiger partial charge in [-0.3, -0.25) is 0 Å². The summed E-state index contributed by atoms with van der Waals surface area (Å²) in [6.07, 6.45) is 6.11. The highest BCUT2D eigenvalue weighted by Gasteiger charge is 2.39. The van der Waals surface area contributed by atoms with Crippen LogP contribution < -0.4 is 5.32 Å². The Hall–Kier alpha value is -1.52. The number of fused-ring (bicyclic) bond motifs is 2. The van der Waals surface area contributed by atoms with Gasteiger partial charge in [0.2, 0.25) is 0 Å². The third-order valence-electron chi connectivity index (χ3n) is 4.70. The number of nitrogens with one attached hydrogen (secondary N) is 1. The Bertz CT molecular complexity index is 396. The smallest absolute Gasteiger partial charge is 0.407 e. The molecule has 5 heteroatoms. The van der Waals surface area contributed by atoms with Gasteiger partial charge in [0.15, 0.2) is 0 Å². The van der Waals surface area contributed by atoms with Crippen LogP contribution in [0.5, 0.6) is 0 Å². The van der Waals surface area contributed by atoms with Crippen molar-refractivity contribution in [3.05, 3.63) is 12.7 Å². The van der Waals surface area contributed by atoms with Gasteiger partial charge in [0.05, 0.1) is 0 Å². The van der Waals surface area contributed by atoms with E-state index in [1.165, 1.54) is 25.7 Å². The molecule has 4 unspecified atom stereocenters. The summed E-state index contributed by atoms with van der Waals surface area (Å²) in [4.78, 5) is 22.8. The van der Waals surface area contributed by atoms with E-state index in [2.05, 4.69) is 11.9 Å². The van der Waals surface area contributed by atoms with Gasteiger partial charge in [-0.1, -0.05) is 19.9 Å². The normalized spacial score (nSPS) is 28.0. The quantitative estimate of drug-likeness (QED) is 0.579. The zero-order valence-corrected chi connectivity index (χ0v) is 12.7. The minimum absolute atomic E-state index is 0.0723. The maximum absolute atomic E-state index is 11.8. The van der Waals surface area contributed by atoms with Crippen LogP contribution in [0.25, 0.3) is 0 Å². The predicted octanol–water partition coefficient (Wildman–Crippen LogP) is 2.66. The van der Waals surface area contributed by atoms with Gasteiger partial charge in [0, 0.05) is 12.6 Å². The van der Waals surface area contributed by atoms with Crippen LogP contribution in [0.15, 0.2) is 12.7 Å². The van der Waals surface area contributed by atoms with Crippen LogP contribution in [-0.4, -0.2) is 31.3 Å². The van der Waals surface area contributed by atoms with E-state index < -0.39 is 18.2 Å². The molecule has 2 fully saturated rings. The van der Waals surface area contributed by atoms with Crippen molar-refractivity contribution in [2.75, 3.05) is 13.2 Å². The Morgan fingerprint density at radius 2 is 2.19 bits per heavy atom. The molecule has 2 bridgehead atoms. The van der Waals surface area contributed by atoms with Gasteiger partial charge in [-0.05, 0) is 43.4 Å². The first-order valence-electron chi connectivity index (χ1n) is 7.86. The van der Waals surface area contributed by atoms with E-state index in [-0.39, 0.29) is 6.61 Å². The number of alkyl carbamates (subject to hydrolysis) is 1. The fourth-order valence-electron chi connectivity index (χ4n) is 3.50. The topological polar surface area (TPSA) is 64.6 Å². The maximum Gasteiger partial charge on any atom is 0.407 e. The van der Waals surface area contributed by atoms with E-state index in [0.717, 1.165) is 17.9 Å². The number of carbonyl (C=O) groups excluding carboxylic acids is 2. The number of hydrogen-bond acceptors (Lipinski definition) is 4. The van der Waals surface area contributed by atoms with E-state index in [1.807, 2.05) is 6.92 Å². The first-order chi connectivity index (χ1) is 10.1. The van der Waals surface area contributed by atoms with Crippen molar-refractivity contribution in [1.82, 2.24) is 5.32 Å². The molecule has 0 aromatic rings. The zero-order valence-electron chi connectivity index (χ0n) is 12.7. The summed E-state index contributed by atoms with van der Waals surface area (Å²) in [5.74, 6) is 1.76. The Balaban J connectivity index is 1.65. The highest BCUT2D eigenvalue weighted by Crippen LogP contribution is 2.47. The first kappa shape index (κ1) is 15.9. The molecular formula is C16H25NO4. The van der Waals surface area contributed by atoms with E-state index in [9.17, 15) is 9.59 Å². The lowest BCUT2D eigenvalue weighted by Crippen LogP contribution is -2.35. The number of amides is 1. The molecule has 1 N–H and O–H groups in total. The molecule has 0 aliphatic heterocycles. The summed E-state index contributed by atoms with van der Waals surface area (Å²) >= 11 is 0. The highest BCUT2D eigenvalue weighted by molar-refractivity contribution is 5.81. The third kappa shape index (κ3) is 4.48.